The zero-order valence-corrected chi connectivity index (χ0v) is 11.6. The second kappa shape index (κ2) is 5.74. The molecule has 0 bridgehead atoms. The van der Waals surface area contributed by atoms with Crippen molar-refractivity contribution in [3.8, 4) is 5.75 Å². The highest BCUT2D eigenvalue weighted by atomic mass is 16.5. The van der Waals surface area contributed by atoms with Gasteiger partial charge in [0.05, 0.1) is 6.54 Å². The number of pyridine rings is 1. The predicted octanol–water partition coefficient (Wildman–Crippen LogP) is 2.85. The number of rotatable bonds is 4. The Bertz CT molecular complexity index is 629. The SMILES string of the molecule is Cc1ccc(C)c(OCCn2ccc(C)cc2=O)c1. The molecule has 0 radical (unpaired) electrons. The van der Waals surface area contributed by atoms with Crippen LogP contribution >= 0.6 is 0 Å². The molecule has 3 nitrogen and oxygen atoms in total. The lowest BCUT2D eigenvalue weighted by Crippen LogP contribution is -2.22. The molecule has 1 aromatic carbocycles. The molecule has 0 amide bonds. The van der Waals surface area contributed by atoms with Crippen molar-refractivity contribution in [2.24, 2.45) is 0 Å². The van der Waals surface area contributed by atoms with Crippen molar-refractivity contribution >= 4 is 0 Å². The van der Waals surface area contributed by atoms with Crippen LogP contribution in [0.1, 0.15) is 16.7 Å². The molecule has 0 saturated heterocycles. The van der Waals surface area contributed by atoms with Crippen LogP contribution in [0.5, 0.6) is 5.75 Å². The van der Waals surface area contributed by atoms with Gasteiger partial charge in [0, 0.05) is 12.3 Å². The molecule has 0 spiro atoms. The summed E-state index contributed by atoms with van der Waals surface area (Å²) in [5.74, 6) is 0.889. The third kappa shape index (κ3) is 3.47. The maximum Gasteiger partial charge on any atom is 0.250 e. The predicted molar refractivity (Wildman–Crippen MR) is 76.9 cm³/mol. The molecule has 0 aliphatic heterocycles. The van der Waals surface area contributed by atoms with Gasteiger partial charge in [0.15, 0.2) is 0 Å². The molecule has 3 heteroatoms. The van der Waals surface area contributed by atoms with E-state index in [1.165, 1.54) is 5.56 Å². The minimum atomic E-state index is 0.0181. The van der Waals surface area contributed by atoms with Crippen LogP contribution in [0.25, 0.3) is 0 Å². The minimum absolute atomic E-state index is 0.0181. The van der Waals surface area contributed by atoms with Crippen LogP contribution in [0.15, 0.2) is 41.3 Å². The average Bonchev–Trinajstić information content (AvgIpc) is 2.36. The van der Waals surface area contributed by atoms with Gasteiger partial charge in [-0.1, -0.05) is 12.1 Å². The zero-order valence-electron chi connectivity index (χ0n) is 11.6. The Balaban J connectivity index is 2.00. The summed E-state index contributed by atoms with van der Waals surface area (Å²) in [7, 11) is 0. The van der Waals surface area contributed by atoms with Crippen LogP contribution in [0.2, 0.25) is 0 Å². The molecule has 1 aromatic heterocycles. The molecule has 0 N–H and O–H groups in total. The average molecular weight is 257 g/mol. The molecule has 0 aliphatic rings. The first-order valence-electron chi connectivity index (χ1n) is 6.43. The Kier molecular flexibility index (Phi) is 4.05. The molecule has 2 rings (SSSR count). The van der Waals surface area contributed by atoms with Crippen molar-refractivity contribution in [3.63, 3.8) is 0 Å². The van der Waals surface area contributed by atoms with Crippen molar-refractivity contribution < 1.29 is 4.74 Å². The third-order valence-electron chi connectivity index (χ3n) is 3.08. The summed E-state index contributed by atoms with van der Waals surface area (Å²) in [5.41, 5.74) is 3.29. The summed E-state index contributed by atoms with van der Waals surface area (Å²) in [5, 5.41) is 0. The quantitative estimate of drug-likeness (QED) is 0.843. The van der Waals surface area contributed by atoms with E-state index >= 15 is 0 Å². The Labute approximate surface area is 113 Å². The molecular formula is C16H19NO2. The van der Waals surface area contributed by atoms with Gasteiger partial charge < -0.3 is 9.30 Å². The van der Waals surface area contributed by atoms with Crippen molar-refractivity contribution in [2.45, 2.75) is 27.3 Å². The van der Waals surface area contributed by atoms with E-state index in [9.17, 15) is 4.79 Å². The summed E-state index contributed by atoms with van der Waals surface area (Å²) in [6.45, 7) is 7.03. The van der Waals surface area contributed by atoms with Gasteiger partial charge in [-0.05, 0) is 49.6 Å². The van der Waals surface area contributed by atoms with Gasteiger partial charge in [-0.25, -0.2) is 0 Å². The Morgan fingerprint density at radius 2 is 1.79 bits per heavy atom. The van der Waals surface area contributed by atoms with Crippen LogP contribution in [-0.4, -0.2) is 11.2 Å². The number of aromatic nitrogens is 1. The fourth-order valence-corrected chi connectivity index (χ4v) is 1.91. The highest BCUT2D eigenvalue weighted by Gasteiger charge is 2.01. The minimum Gasteiger partial charge on any atom is -0.491 e. The monoisotopic (exact) mass is 257 g/mol. The lowest BCUT2D eigenvalue weighted by molar-refractivity contribution is 0.294. The Hall–Kier alpha value is -2.03. The van der Waals surface area contributed by atoms with Crippen LogP contribution in [-0.2, 0) is 6.54 Å². The molecule has 1 heterocycles. The van der Waals surface area contributed by atoms with Gasteiger partial charge in [-0.3, -0.25) is 4.79 Å². The van der Waals surface area contributed by atoms with Gasteiger partial charge >= 0.3 is 0 Å². The fourth-order valence-electron chi connectivity index (χ4n) is 1.91. The lowest BCUT2D eigenvalue weighted by atomic mass is 10.1. The number of hydrogen-bond acceptors (Lipinski definition) is 2. The number of benzene rings is 1. The Morgan fingerprint density at radius 3 is 2.53 bits per heavy atom. The van der Waals surface area contributed by atoms with Crippen LogP contribution in [0.3, 0.4) is 0 Å². The van der Waals surface area contributed by atoms with Gasteiger partial charge in [-0.2, -0.15) is 0 Å². The fraction of sp³-hybridized carbons (Fsp3) is 0.312. The van der Waals surface area contributed by atoms with Crippen LogP contribution in [0, 0.1) is 20.8 Å². The molecule has 0 fully saturated rings. The van der Waals surface area contributed by atoms with Gasteiger partial charge in [0.1, 0.15) is 12.4 Å². The third-order valence-corrected chi connectivity index (χ3v) is 3.08. The largest absolute Gasteiger partial charge is 0.491 e. The standard InChI is InChI=1S/C16H19NO2/c1-12-4-5-14(3)15(10-12)19-9-8-17-7-6-13(2)11-16(17)18/h4-7,10-11H,8-9H2,1-3H3. The van der Waals surface area contributed by atoms with Gasteiger partial charge in [0.25, 0.3) is 5.56 Å². The summed E-state index contributed by atoms with van der Waals surface area (Å²) >= 11 is 0. The zero-order chi connectivity index (χ0) is 13.8. The van der Waals surface area contributed by atoms with Crippen molar-refractivity contribution in [1.29, 1.82) is 0 Å². The first-order valence-corrected chi connectivity index (χ1v) is 6.43. The molecule has 0 atom stereocenters. The molecule has 100 valence electrons. The normalized spacial score (nSPS) is 10.5. The van der Waals surface area contributed by atoms with E-state index in [1.807, 2.05) is 45.2 Å². The van der Waals surface area contributed by atoms with E-state index in [4.69, 9.17) is 4.74 Å². The molecule has 19 heavy (non-hydrogen) atoms. The summed E-state index contributed by atoms with van der Waals surface area (Å²) in [4.78, 5) is 11.7. The van der Waals surface area contributed by atoms with E-state index in [2.05, 4.69) is 6.07 Å². The van der Waals surface area contributed by atoms with E-state index in [0.717, 1.165) is 16.9 Å². The van der Waals surface area contributed by atoms with Crippen molar-refractivity contribution in [1.82, 2.24) is 4.57 Å². The highest BCUT2D eigenvalue weighted by Crippen LogP contribution is 2.18. The van der Waals surface area contributed by atoms with E-state index < -0.39 is 0 Å². The molecular weight excluding hydrogens is 238 g/mol. The van der Waals surface area contributed by atoms with Crippen molar-refractivity contribution in [2.75, 3.05) is 6.61 Å². The molecule has 0 aliphatic carbocycles. The summed E-state index contributed by atoms with van der Waals surface area (Å²) in [6, 6.07) is 9.69. The molecule has 0 unspecified atom stereocenters. The first kappa shape index (κ1) is 13.4. The maximum atomic E-state index is 11.7. The van der Waals surface area contributed by atoms with Crippen LogP contribution in [0.4, 0.5) is 0 Å². The summed E-state index contributed by atoms with van der Waals surface area (Å²) < 4.78 is 7.41. The van der Waals surface area contributed by atoms with E-state index in [0.29, 0.717) is 13.2 Å². The van der Waals surface area contributed by atoms with E-state index in [-0.39, 0.29) is 5.56 Å². The molecule has 0 saturated carbocycles. The topological polar surface area (TPSA) is 31.2 Å². The lowest BCUT2D eigenvalue weighted by Gasteiger charge is -2.11. The highest BCUT2D eigenvalue weighted by molar-refractivity contribution is 5.35. The summed E-state index contributed by atoms with van der Waals surface area (Å²) in [6.07, 6.45) is 1.81. The second-order valence-corrected chi connectivity index (χ2v) is 4.85. The number of hydrogen-bond donors (Lipinski definition) is 0. The van der Waals surface area contributed by atoms with Crippen molar-refractivity contribution in [3.05, 3.63) is 63.6 Å². The van der Waals surface area contributed by atoms with Gasteiger partial charge in [0.2, 0.25) is 0 Å². The molecule has 2 aromatic rings. The number of ether oxygens (including phenoxy) is 1. The van der Waals surface area contributed by atoms with Crippen LogP contribution < -0.4 is 10.3 Å². The number of nitrogens with zero attached hydrogens (tertiary/aromatic N) is 1. The second-order valence-electron chi connectivity index (χ2n) is 4.85. The maximum absolute atomic E-state index is 11.7. The van der Waals surface area contributed by atoms with Gasteiger partial charge in [-0.15, -0.1) is 0 Å². The Morgan fingerprint density at radius 1 is 1.05 bits per heavy atom. The number of aryl methyl sites for hydroxylation is 3. The first-order chi connectivity index (χ1) is 9.06. The smallest absolute Gasteiger partial charge is 0.250 e. The van der Waals surface area contributed by atoms with E-state index in [1.54, 1.807) is 10.6 Å².